The molecule has 11 heteroatoms. The average molecular weight is 485 g/mol. The number of aryl methyl sites for hydroxylation is 1. The van der Waals surface area contributed by atoms with E-state index < -0.39 is 0 Å². The number of benzene rings is 1. The number of carbonyl (C=O) groups is 1. The molecular weight excluding hydrogens is 468 g/mol. The van der Waals surface area contributed by atoms with E-state index in [1.807, 2.05) is 17.0 Å². The maximum absolute atomic E-state index is 13.1. The topological polar surface area (TPSA) is 93.1 Å². The smallest absolute Gasteiger partial charge is 0.228 e. The average Bonchev–Trinajstić information content (AvgIpc) is 3.56. The molecule has 2 bridgehead atoms. The van der Waals surface area contributed by atoms with Gasteiger partial charge in [0.2, 0.25) is 5.91 Å². The first kappa shape index (κ1) is 19.1. The minimum Gasteiger partial charge on any atom is -0.356 e. The Hall–Kier alpha value is -2.40. The molecule has 3 aromatic heterocycles. The number of rotatable bonds is 3. The van der Waals surface area contributed by atoms with Gasteiger partial charge in [-0.3, -0.25) is 4.79 Å². The van der Waals surface area contributed by atoms with E-state index in [1.165, 1.54) is 22.0 Å². The van der Waals surface area contributed by atoms with Gasteiger partial charge in [-0.2, -0.15) is 0 Å². The maximum Gasteiger partial charge on any atom is 0.228 e. The van der Waals surface area contributed by atoms with E-state index in [9.17, 15) is 4.79 Å². The summed E-state index contributed by atoms with van der Waals surface area (Å²) < 4.78 is 10.6. The Morgan fingerprint density at radius 1 is 1.31 bits per heavy atom. The number of ether oxygens (including phenoxy) is 1. The fourth-order valence-corrected chi connectivity index (χ4v) is 7.10. The van der Waals surface area contributed by atoms with Crippen molar-refractivity contribution in [2.45, 2.75) is 38.0 Å². The van der Waals surface area contributed by atoms with Crippen LogP contribution < -0.4 is 5.32 Å². The first-order valence-electron chi connectivity index (χ1n) is 10.5. The minimum atomic E-state index is 0.00815. The maximum atomic E-state index is 13.1. The van der Waals surface area contributed by atoms with Crippen LogP contribution in [-0.2, 0) is 22.4 Å². The predicted octanol–water partition coefficient (Wildman–Crippen LogP) is 4.16. The van der Waals surface area contributed by atoms with Gasteiger partial charge in [0.15, 0.2) is 0 Å². The van der Waals surface area contributed by atoms with Crippen LogP contribution in [-0.4, -0.2) is 49.2 Å². The van der Waals surface area contributed by atoms with Gasteiger partial charge in [0.05, 0.1) is 33.4 Å². The van der Waals surface area contributed by atoms with Gasteiger partial charge in [0.25, 0.3) is 0 Å². The van der Waals surface area contributed by atoms with E-state index in [1.54, 1.807) is 17.7 Å². The van der Waals surface area contributed by atoms with Crippen molar-refractivity contribution in [2.24, 2.45) is 5.92 Å². The molecule has 1 N–H and O–H groups in total. The number of amides is 1. The number of halogens is 1. The summed E-state index contributed by atoms with van der Waals surface area (Å²) in [5.41, 5.74) is 2.79. The fourth-order valence-electron chi connectivity index (χ4n) is 5.05. The number of thiophene rings is 1. The molecule has 0 saturated carbocycles. The Morgan fingerprint density at radius 2 is 2.25 bits per heavy atom. The molecule has 3 saturated heterocycles. The van der Waals surface area contributed by atoms with Crippen molar-refractivity contribution >= 4 is 72.3 Å². The molecule has 6 heterocycles. The largest absolute Gasteiger partial charge is 0.356 e. The van der Waals surface area contributed by atoms with Crippen LogP contribution in [0.15, 0.2) is 18.5 Å². The van der Waals surface area contributed by atoms with Crippen molar-refractivity contribution in [1.29, 1.82) is 0 Å². The molecule has 162 valence electrons. The summed E-state index contributed by atoms with van der Waals surface area (Å²) in [5, 5.41) is 9.08. The highest BCUT2D eigenvalue weighted by Crippen LogP contribution is 2.43. The van der Waals surface area contributed by atoms with Crippen LogP contribution in [0.1, 0.15) is 23.3 Å². The molecule has 2 unspecified atom stereocenters. The lowest BCUT2D eigenvalue weighted by molar-refractivity contribution is -0.151. The Balaban J connectivity index is 1.22. The first-order valence-corrected chi connectivity index (χ1v) is 12.5. The lowest BCUT2D eigenvalue weighted by Gasteiger charge is -2.40. The molecule has 0 radical (unpaired) electrons. The van der Waals surface area contributed by atoms with Crippen molar-refractivity contribution in [3.8, 4) is 0 Å². The number of hydrogen-bond acceptors (Lipinski definition) is 9. The van der Waals surface area contributed by atoms with Crippen molar-refractivity contribution in [3.63, 3.8) is 0 Å². The van der Waals surface area contributed by atoms with Crippen molar-refractivity contribution in [3.05, 3.63) is 33.9 Å². The van der Waals surface area contributed by atoms with Gasteiger partial charge in [-0.1, -0.05) is 16.1 Å². The number of anilines is 2. The summed E-state index contributed by atoms with van der Waals surface area (Å²) >= 11 is 9.49. The molecule has 3 aliphatic heterocycles. The van der Waals surface area contributed by atoms with Gasteiger partial charge in [-0.25, -0.2) is 9.97 Å². The molecule has 8 nitrogen and oxygen atoms in total. The van der Waals surface area contributed by atoms with Gasteiger partial charge in [0, 0.05) is 17.2 Å². The van der Waals surface area contributed by atoms with Gasteiger partial charge in [0.1, 0.15) is 28.7 Å². The Morgan fingerprint density at radius 3 is 3.09 bits per heavy atom. The summed E-state index contributed by atoms with van der Waals surface area (Å²) in [5.74, 6) is 1.00. The standard InChI is InChI=1S/C21H17ClN6O2S2/c22-12-5-14-16(32-27-26-14)6-13(12)25-19-18-11-2-1-9(3-15(11)31-20(18)24-8-23-19)21(29)28-10-4-17(28)30-7-10/h5-6,8-10,17H,1-4,7H2,(H,23,24,25)/t9-,10?,17?/m0/s1. The fraction of sp³-hybridized carbons (Fsp3) is 0.381. The van der Waals surface area contributed by atoms with Crippen molar-refractivity contribution in [2.75, 3.05) is 11.9 Å². The third-order valence-corrected chi connectivity index (χ3v) is 8.86. The van der Waals surface area contributed by atoms with Crippen LogP contribution in [0.5, 0.6) is 0 Å². The summed E-state index contributed by atoms with van der Waals surface area (Å²) in [7, 11) is 0. The molecule has 8 rings (SSSR count). The summed E-state index contributed by atoms with van der Waals surface area (Å²) in [6.07, 6.45) is 5.00. The van der Waals surface area contributed by atoms with E-state index in [0.29, 0.717) is 11.6 Å². The molecule has 0 spiro atoms. The van der Waals surface area contributed by atoms with Gasteiger partial charge in [-0.05, 0) is 48.5 Å². The van der Waals surface area contributed by atoms with Crippen LogP contribution in [0.4, 0.5) is 11.5 Å². The Kier molecular flexibility index (Phi) is 4.21. The van der Waals surface area contributed by atoms with Crippen LogP contribution in [0.3, 0.4) is 0 Å². The quantitative estimate of drug-likeness (QED) is 0.466. The van der Waals surface area contributed by atoms with E-state index in [0.717, 1.165) is 57.6 Å². The number of aromatic nitrogens is 4. The molecular formula is C21H17ClN6O2S2. The van der Waals surface area contributed by atoms with Gasteiger partial charge >= 0.3 is 0 Å². The van der Waals surface area contributed by atoms with E-state index in [2.05, 4.69) is 24.9 Å². The minimum absolute atomic E-state index is 0.00815. The zero-order valence-corrected chi connectivity index (χ0v) is 19.1. The molecule has 4 aromatic rings. The molecule has 32 heavy (non-hydrogen) atoms. The highest BCUT2D eigenvalue weighted by Gasteiger charge is 2.50. The summed E-state index contributed by atoms with van der Waals surface area (Å²) in [6.45, 7) is 0.688. The highest BCUT2D eigenvalue weighted by atomic mass is 35.5. The molecule has 3 atom stereocenters. The first-order chi connectivity index (χ1) is 15.7. The predicted molar refractivity (Wildman–Crippen MR) is 124 cm³/mol. The second-order valence-corrected chi connectivity index (χ2v) is 10.7. The SMILES string of the molecule is O=C([C@H]1CCc2c(sc3ncnc(Nc4cc5snnc5cc4Cl)c23)C1)N1C2COC1C2. The molecule has 4 aliphatic rings. The van der Waals surface area contributed by atoms with Crippen molar-refractivity contribution < 1.29 is 9.53 Å². The Labute approximate surface area is 195 Å². The third-order valence-electron chi connectivity index (χ3n) is 6.70. The van der Waals surface area contributed by atoms with Crippen molar-refractivity contribution in [1.82, 2.24) is 24.5 Å². The molecule has 1 aromatic carbocycles. The summed E-state index contributed by atoms with van der Waals surface area (Å²) in [6, 6.07) is 4.05. The van der Waals surface area contributed by atoms with Crippen LogP contribution in [0.25, 0.3) is 20.4 Å². The number of fused-ring (bicyclic) bond motifs is 5. The molecule has 3 fully saturated rings. The van der Waals surface area contributed by atoms with E-state index in [-0.39, 0.29) is 24.1 Å². The number of nitrogens with one attached hydrogen (secondary N) is 1. The van der Waals surface area contributed by atoms with Crippen LogP contribution >= 0.6 is 34.5 Å². The zero-order chi connectivity index (χ0) is 21.4. The van der Waals surface area contributed by atoms with Crippen LogP contribution in [0, 0.1) is 5.92 Å². The number of nitrogens with zero attached hydrogens (tertiary/aromatic N) is 5. The second kappa shape index (κ2) is 7.05. The monoisotopic (exact) mass is 484 g/mol. The number of hydrogen-bond donors (Lipinski definition) is 1. The third kappa shape index (κ3) is 2.79. The zero-order valence-electron chi connectivity index (χ0n) is 16.7. The summed E-state index contributed by atoms with van der Waals surface area (Å²) in [4.78, 5) is 26.3. The van der Waals surface area contributed by atoms with Gasteiger partial charge in [-0.15, -0.1) is 16.4 Å². The second-order valence-electron chi connectivity index (χ2n) is 8.47. The molecule has 1 amide bonds. The van der Waals surface area contributed by atoms with Crippen LogP contribution in [0.2, 0.25) is 5.02 Å². The van der Waals surface area contributed by atoms with E-state index >= 15 is 0 Å². The molecule has 1 aliphatic carbocycles. The number of carbonyl (C=O) groups excluding carboxylic acids is 1. The normalized spacial score (nSPS) is 24.0. The van der Waals surface area contributed by atoms with Gasteiger partial charge < -0.3 is 15.0 Å². The Bertz CT molecular complexity index is 1390. The highest BCUT2D eigenvalue weighted by molar-refractivity contribution is 7.19. The lowest BCUT2D eigenvalue weighted by Crippen LogP contribution is -2.55. The lowest BCUT2D eigenvalue weighted by atomic mass is 9.85. The van der Waals surface area contributed by atoms with E-state index in [4.69, 9.17) is 16.3 Å².